The fraction of sp³-hybridized carbons (Fsp3) is 0.909. The lowest BCUT2D eigenvalue weighted by atomic mass is 10.0. The van der Waals surface area contributed by atoms with Gasteiger partial charge in [-0.05, 0) is 44.9 Å². The summed E-state index contributed by atoms with van der Waals surface area (Å²) in [5, 5.41) is 14.0. The molecule has 0 fully saturated rings. The highest BCUT2D eigenvalue weighted by atomic mass is 31.2. The highest BCUT2D eigenvalue weighted by molar-refractivity contribution is 7.47. The second-order valence-corrected chi connectivity index (χ2v) is 29.2. The highest BCUT2D eigenvalue weighted by Gasteiger charge is 2.28. The lowest BCUT2D eigenvalue weighted by Gasteiger charge is -2.25. The number of amides is 1. The number of phosphoric acid groups is 1. The number of aliphatic hydroxyl groups excluding tert-OH is 1. The molecule has 0 heterocycles. The van der Waals surface area contributed by atoms with Crippen molar-refractivity contribution in [3.8, 4) is 0 Å². The molecule has 9 heteroatoms. The van der Waals surface area contributed by atoms with Crippen molar-refractivity contribution in [1.29, 1.82) is 0 Å². The van der Waals surface area contributed by atoms with Gasteiger partial charge in [-0.1, -0.05) is 384 Å². The number of aliphatic hydroxyl groups is 1. The SMILES string of the molecule is CCCCCCCCCCCCCCCCCCCCCCC/C=C/CC/C=C/CC/C=C/C(O)C(COP(=O)(O)OCC[N+](C)(C)C)NC(=O)CCCCCCCCCCCCCCCCCCCCCCCCCCCCCCCCCCC. The molecule has 0 rings (SSSR count). The minimum Gasteiger partial charge on any atom is -0.387 e. The summed E-state index contributed by atoms with van der Waals surface area (Å²) < 4.78 is 23.8. The Balaban J connectivity index is 4.03. The third-order valence-corrected chi connectivity index (χ3v) is 18.8. The number of hydrogen-bond acceptors (Lipinski definition) is 5. The van der Waals surface area contributed by atoms with Gasteiger partial charge in [0.05, 0.1) is 39.9 Å². The molecule has 0 aromatic rings. The van der Waals surface area contributed by atoms with Gasteiger partial charge in [0, 0.05) is 6.42 Å². The molecule has 3 N–H and O–H groups in total. The summed E-state index contributed by atoms with van der Waals surface area (Å²) in [6.07, 6.45) is 92.0. The van der Waals surface area contributed by atoms with Gasteiger partial charge in [-0.3, -0.25) is 13.8 Å². The predicted molar refractivity (Wildman–Crippen MR) is 378 cm³/mol. The van der Waals surface area contributed by atoms with Crippen molar-refractivity contribution in [3.63, 3.8) is 0 Å². The van der Waals surface area contributed by atoms with Crippen molar-refractivity contribution >= 4 is 13.7 Å². The van der Waals surface area contributed by atoms with Crippen LogP contribution in [0.1, 0.15) is 399 Å². The Morgan fingerprint density at radius 2 is 0.640 bits per heavy atom. The standard InChI is InChI=1S/C77H151N2O6P/c1-6-8-10-12-14-16-18-20-22-24-26-28-30-32-34-36-38-39-41-43-45-47-49-51-53-55-57-59-61-63-65-67-69-71-77(81)78-75(74-85-86(82,83)84-73-72-79(3,4)5)76(80)70-68-66-64-62-60-58-56-54-52-50-48-46-44-42-40-37-35-33-31-29-27-25-23-21-19-17-15-13-11-9-7-2/h52,54,60,62,68,70,75-76,80H,6-51,53,55-59,61,63-67,69,71-74H2,1-5H3,(H-,78,81,82,83)/p+1/b54-52+,62-60+,70-68+. The van der Waals surface area contributed by atoms with Crippen molar-refractivity contribution in [2.75, 3.05) is 40.9 Å². The zero-order valence-corrected chi connectivity index (χ0v) is 59.5. The summed E-state index contributed by atoms with van der Waals surface area (Å²) >= 11 is 0. The van der Waals surface area contributed by atoms with Crippen LogP contribution in [0.5, 0.6) is 0 Å². The number of unbranched alkanes of at least 4 members (excludes halogenated alkanes) is 55. The molecule has 0 saturated heterocycles. The van der Waals surface area contributed by atoms with Gasteiger partial charge in [0.15, 0.2) is 0 Å². The van der Waals surface area contributed by atoms with E-state index in [1.807, 2.05) is 27.2 Å². The molecule has 0 aromatic heterocycles. The first-order valence-corrected chi connectivity index (χ1v) is 39.9. The van der Waals surface area contributed by atoms with E-state index in [4.69, 9.17) is 9.05 Å². The molecule has 0 bridgehead atoms. The van der Waals surface area contributed by atoms with E-state index in [2.05, 4.69) is 43.5 Å². The van der Waals surface area contributed by atoms with E-state index in [1.165, 1.54) is 334 Å². The average molecular weight is 1230 g/mol. The number of phosphoric ester groups is 1. The second kappa shape index (κ2) is 68.1. The van der Waals surface area contributed by atoms with Crippen LogP contribution in [0.2, 0.25) is 0 Å². The molecule has 86 heavy (non-hydrogen) atoms. The fourth-order valence-corrected chi connectivity index (χ4v) is 12.6. The van der Waals surface area contributed by atoms with Crippen molar-refractivity contribution in [2.45, 2.75) is 411 Å². The van der Waals surface area contributed by atoms with Gasteiger partial charge in [0.2, 0.25) is 5.91 Å². The monoisotopic (exact) mass is 1230 g/mol. The largest absolute Gasteiger partial charge is 0.472 e. The zero-order valence-electron chi connectivity index (χ0n) is 58.6. The van der Waals surface area contributed by atoms with E-state index in [1.54, 1.807) is 6.08 Å². The molecule has 8 nitrogen and oxygen atoms in total. The third kappa shape index (κ3) is 70.2. The van der Waals surface area contributed by atoms with Crippen LogP contribution < -0.4 is 5.32 Å². The molecule has 1 amide bonds. The quantitative estimate of drug-likeness (QED) is 0.0243. The summed E-state index contributed by atoms with van der Waals surface area (Å²) in [5.74, 6) is -0.182. The molecule has 0 aliphatic rings. The molecule has 0 aliphatic heterocycles. The summed E-state index contributed by atoms with van der Waals surface area (Å²) in [6, 6.07) is -0.870. The van der Waals surface area contributed by atoms with Gasteiger partial charge in [-0.15, -0.1) is 0 Å². The Kier molecular flexibility index (Phi) is 67.1. The van der Waals surface area contributed by atoms with Crippen molar-refractivity contribution in [1.82, 2.24) is 5.32 Å². The van der Waals surface area contributed by atoms with Gasteiger partial charge < -0.3 is 19.8 Å². The number of quaternary nitrogens is 1. The Bertz CT molecular complexity index is 1500. The molecular weight excluding hydrogens is 1080 g/mol. The molecular formula is C77H152N2O6P+. The number of hydrogen-bond donors (Lipinski definition) is 3. The van der Waals surface area contributed by atoms with Crippen LogP contribution in [0.15, 0.2) is 36.5 Å². The molecule has 0 aromatic carbocycles. The Morgan fingerprint density at radius 1 is 0.384 bits per heavy atom. The minimum atomic E-state index is -4.37. The van der Waals surface area contributed by atoms with Crippen molar-refractivity contribution in [3.05, 3.63) is 36.5 Å². The van der Waals surface area contributed by atoms with Gasteiger partial charge >= 0.3 is 7.82 Å². The summed E-state index contributed by atoms with van der Waals surface area (Å²) in [5.41, 5.74) is 0. The lowest BCUT2D eigenvalue weighted by molar-refractivity contribution is -0.870. The summed E-state index contributed by atoms with van der Waals surface area (Å²) in [6.45, 7) is 4.86. The molecule has 3 atom stereocenters. The molecule has 0 aliphatic carbocycles. The predicted octanol–water partition coefficient (Wildman–Crippen LogP) is 24.8. The van der Waals surface area contributed by atoms with Crippen LogP contribution in [0.25, 0.3) is 0 Å². The Morgan fingerprint density at radius 3 is 0.930 bits per heavy atom. The first-order valence-electron chi connectivity index (χ1n) is 38.4. The normalized spacial score (nSPS) is 13.7. The average Bonchev–Trinajstić information content (AvgIpc) is 3.70. The third-order valence-electron chi connectivity index (χ3n) is 17.8. The number of likely N-dealkylation sites (N-methyl/N-ethyl adjacent to an activating group) is 1. The molecule has 510 valence electrons. The first kappa shape index (κ1) is 84.7. The lowest BCUT2D eigenvalue weighted by Crippen LogP contribution is -2.45. The van der Waals surface area contributed by atoms with E-state index in [0.29, 0.717) is 17.4 Å². The van der Waals surface area contributed by atoms with E-state index >= 15 is 0 Å². The number of nitrogens with one attached hydrogen (secondary N) is 1. The maximum atomic E-state index is 13.1. The van der Waals surface area contributed by atoms with Crippen LogP contribution in [-0.4, -0.2) is 73.4 Å². The number of rotatable bonds is 72. The van der Waals surface area contributed by atoms with E-state index in [-0.39, 0.29) is 19.1 Å². The molecule has 0 radical (unpaired) electrons. The van der Waals surface area contributed by atoms with Gasteiger partial charge in [-0.2, -0.15) is 0 Å². The number of allylic oxidation sites excluding steroid dienone is 5. The van der Waals surface area contributed by atoms with Crippen LogP contribution >= 0.6 is 7.82 Å². The summed E-state index contributed by atoms with van der Waals surface area (Å²) in [4.78, 5) is 23.5. The first-order chi connectivity index (χ1) is 42.0. The van der Waals surface area contributed by atoms with Crippen molar-refractivity contribution in [2.24, 2.45) is 0 Å². The van der Waals surface area contributed by atoms with Crippen LogP contribution in [0, 0.1) is 0 Å². The molecule has 0 saturated carbocycles. The van der Waals surface area contributed by atoms with Gasteiger partial charge in [0.1, 0.15) is 13.2 Å². The number of nitrogens with zero attached hydrogens (tertiary/aromatic N) is 1. The van der Waals surface area contributed by atoms with Crippen molar-refractivity contribution < 1.29 is 32.9 Å². The summed E-state index contributed by atoms with van der Waals surface area (Å²) in [7, 11) is 1.56. The Labute approximate surface area is 537 Å². The van der Waals surface area contributed by atoms with Crippen LogP contribution in [0.3, 0.4) is 0 Å². The number of carbonyl (C=O) groups excluding carboxylic acids is 1. The smallest absolute Gasteiger partial charge is 0.387 e. The minimum absolute atomic E-state index is 0.0555. The van der Waals surface area contributed by atoms with E-state index < -0.39 is 20.0 Å². The van der Waals surface area contributed by atoms with Crippen LogP contribution in [-0.2, 0) is 18.4 Å². The van der Waals surface area contributed by atoms with Gasteiger partial charge in [0.25, 0.3) is 0 Å². The second-order valence-electron chi connectivity index (χ2n) is 27.7. The number of carbonyl (C=O) groups is 1. The van der Waals surface area contributed by atoms with E-state index in [0.717, 1.165) is 44.9 Å². The zero-order chi connectivity index (χ0) is 62.6. The Hall–Kier alpha value is -1.28. The molecule has 3 unspecified atom stereocenters. The van der Waals surface area contributed by atoms with Crippen LogP contribution in [0.4, 0.5) is 0 Å². The highest BCUT2D eigenvalue weighted by Crippen LogP contribution is 2.43. The fourth-order valence-electron chi connectivity index (χ4n) is 11.9. The van der Waals surface area contributed by atoms with Gasteiger partial charge in [-0.25, -0.2) is 4.57 Å². The maximum Gasteiger partial charge on any atom is 0.472 e. The molecule has 0 spiro atoms. The maximum absolute atomic E-state index is 13.1. The van der Waals surface area contributed by atoms with E-state index in [9.17, 15) is 19.4 Å². The topological polar surface area (TPSA) is 105 Å².